The first kappa shape index (κ1) is 19.4. The van der Waals surface area contributed by atoms with Gasteiger partial charge in [-0.2, -0.15) is 13.2 Å². The van der Waals surface area contributed by atoms with Crippen LogP contribution in [0.15, 0.2) is 59.5 Å². The van der Waals surface area contributed by atoms with E-state index in [1.165, 1.54) is 24.3 Å². The molecule has 2 aromatic carbocycles. The molecule has 1 atom stereocenters. The Morgan fingerprint density at radius 1 is 0.960 bits per heavy atom. The van der Waals surface area contributed by atoms with Gasteiger partial charge in [-0.15, -0.1) is 0 Å². The summed E-state index contributed by atoms with van der Waals surface area (Å²) in [4.78, 5) is -0.135. The Balaban J connectivity index is 1.95. The molecule has 0 amide bonds. The molecule has 1 unspecified atom stereocenters. The molecule has 2 aromatic rings. The lowest BCUT2D eigenvalue weighted by molar-refractivity contribution is -0.152. The van der Waals surface area contributed by atoms with E-state index in [0.717, 1.165) is 24.3 Å². The van der Waals surface area contributed by atoms with E-state index in [4.69, 9.17) is 0 Å². The average Bonchev–Trinajstić information content (AvgIpc) is 2.54. The molecular weight excluding hydrogens is 358 g/mol. The maximum absolute atomic E-state index is 13.2. The summed E-state index contributed by atoms with van der Waals surface area (Å²) in [6.07, 6.45) is -4.63. The molecular formula is C17H17F4NO2S. The molecule has 2 rings (SSSR count). The number of benzene rings is 2. The zero-order valence-electron chi connectivity index (χ0n) is 13.1. The lowest BCUT2D eigenvalue weighted by Crippen LogP contribution is -2.27. The predicted octanol–water partition coefficient (Wildman–Crippen LogP) is 4.23. The second-order valence-electron chi connectivity index (χ2n) is 5.50. The van der Waals surface area contributed by atoms with Crippen LogP contribution < -0.4 is 4.72 Å². The third-order valence-corrected chi connectivity index (χ3v) is 5.16. The molecule has 0 aromatic heterocycles. The normalized spacial score (nSPS) is 13.6. The summed E-state index contributed by atoms with van der Waals surface area (Å²) < 4.78 is 78.6. The van der Waals surface area contributed by atoms with Gasteiger partial charge in [-0.25, -0.2) is 17.5 Å². The Labute approximate surface area is 143 Å². The number of halogens is 4. The van der Waals surface area contributed by atoms with Gasteiger partial charge in [0.1, 0.15) is 5.82 Å². The van der Waals surface area contributed by atoms with Gasteiger partial charge >= 0.3 is 6.18 Å². The van der Waals surface area contributed by atoms with Crippen LogP contribution in [-0.4, -0.2) is 21.1 Å². The second kappa shape index (κ2) is 7.97. The summed E-state index contributed by atoms with van der Waals surface area (Å²) in [5, 5.41) is 0. The SMILES string of the molecule is O=S(=O)(NCCCC(c1ccccc1)C(F)(F)F)c1ccc(F)cc1. The molecule has 1 N–H and O–H groups in total. The molecule has 8 heteroatoms. The average molecular weight is 375 g/mol. The van der Waals surface area contributed by atoms with Crippen molar-refractivity contribution in [1.29, 1.82) is 0 Å². The molecule has 0 aliphatic heterocycles. The zero-order chi connectivity index (χ0) is 18.5. The minimum absolute atomic E-state index is 0.0134. The van der Waals surface area contributed by atoms with Gasteiger partial charge in [0.15, 0.2) is 0 Å². The van der Waals surface area contributed by atoms with Gasteiger partial charge in [-0.05, 0) is 42.7 Å². The summed E-state index contributed by atoms with van der Waals surface area (Å²) in [5.41, 5.74) is 0.149. The number of rotatable bonds is 7. The molecule has 0 radical (unpaired) electrons. The van der Waals surface area contributed by atoms with Gasteiger partial charge in [0.05, 0.1) is 10.8 Å². The van der Waals surface area contributed by atoms with Crippen LogP contribution in [0.1, 0.15) is 24.3 Å². The van der Waals surface area contributed by atoms with E-state index in [1.54, 1.807) is 6.07 Å². The van der Waals surface area contributed by atoms with Gasteiger partial charge in [0.25, 0.3) is 0 Å². The smallest absolute Gasteiger partial charge is 0.211 e. The third kappa shape index (κ3) is 5.54. The largest absolute Gasteiger partial charge is 0.395 e. The van der Waals surface area contributed by atoms with Crippen LogP contribution in [-0.2, 0) is 10.0 Å². The Hall–Kier alpha value is -1.93. The van der Waals surface area contributed by atoms with Gasteiger partial charge in [-0.1, -0.05) is 30.3 Å². The van der Waals surface area contributed by atoms with Crippen molar-refractivity contribution in [2.24, 2.45) is 0 Å². The van der Waals surface area contributed by atoms with Crippen LogP contribution in [0.25, 0.3) is 0 Å². The Bertz CT molecular complexity index is 775. The minimum Gasteiger partial charge on any atom is -0.211 e. The maximum atomic E-state index is 13.2. The summed E-state index contributed by atoms with van der Waals surface area (Å²) in [7, 11) is -3.87. The van der Waals surface area contributed by atoms with Gasteiger partial charge < -0.3 is 0 Å². The number of hydrogen-bond donors (Lipinski definition) is 1. The monoisotopic (exact) mass is 375 g/mol. The van der Waals surface area contributed by atoms with Gasteiger partial charge in [0, 0.05) is 6.54 Å². The maximum Gasteiger partial charge on any atom is 0.395 e. The van der Waals surface area contributed by atoms with Crippen LogP contribution in [0.4, 0.5) is 17.6 Å². The first-order valence-electron chi connectivity index (χ1n) is 7.57. The molecule has 0 bridgehead atoms. The van der Waals surface area contributed by atoms with Crippen LogP contribution >= 0.6 is 0 Å². The molecule has 25 heavy (non-hydrogen) atoms. The van der Waals surface area contributed by atoms with Gasteiger partial charge in [-0.3, -0.25) is 0 Å². The summed E-state index contributed by atoms with van der Waals surface area (Å²) >= 11 is 0. The number of hydrogen-bond acceptors (Lipinski definition) is 2. The van der Waals surface area contributed by atoms with Crippen molar-refractivity contribution in [3.8, 4) is 0 Å². The van der Waals surface area contributed by atoms with E-state index in [0.29, 0.717) is 0 Å². The minimum atomic E-state index is -4.41. The van der Waals surface area contributed by atoms with E-state index in [1.807, 2.05) is 0 Å². The van der Waals surface area contributed by atoms with Crippen molar-refractivity contribution in [3.05, 3.63) is 66.0 Å². The first-order chi connectivity index (χ1) is 11.7. The lowest BCUT2D eigenvalue weighted by Gasteiger charge is -2.20. The van der Waals surface area contributed by atoms with Crippen LogP contribution in [0.2, 0.25) is 0 Å². The third-order valence-electron chi connectivity index (χ3n) is 3.68. The van der Waals surface area contributed by atoms with E-state index in [2.05, 4.69) is 4.72 Å². The highest BCUT2D eigenvalue weighted by molar-refractivity contribution is 7.89. The fourth-order valence-electron chi connectivity index (χ4n) is 2.41. The van der Waals surface area contributed by atoms with Crippen LogP contribution in [0.3, 0.4) is 0 Å². The highest BCUT2D eigenvalue weighted by atomic mass is 32.2. The zero-order valence-corrected chi connectivity index (χ0v) is 13.9. The highest BCUT2D eigenvalue weighted by Crippen LogP contribution is 2.37. The van der Waals surface area contributed by atoms with E-state index >= 15 is 0 Å². The molecule has 0 aliphatic rings. The van der Waals surface area contributed by atoms with Crippen molar-refractivity contribution in [1.82, 2.24) is 4.72 Å². The number of sulfonamides is 1. The number of alkyl halides is 3. The van der Waals surface area contributed by atoms with Crippen molar-refractivity contribution in [2.75, 3.05) is 6.54 Å². The van der Waals surface area contributed by atoms with Crippen molar-refractivity contribution in [2.45, 2.75) is 29.8 Å². The number of nitrogens with one attached hydrogen (secondary N) is 1. The molecule has 0 saturated carbocycles. The molecule has 0 fully saturated rings. The van der Waals surface area contributed by atoms with Crippen molar-refractivity contribution < 1.29 is 26.0 Å². The van der Waals surface area contributed by atoms with Crippen LogP contribution in [0.5, 0.6) is 0 Å². The van der Waals surface area contributed by atoms with E-state index in [-0.39, 0.29) is 29.8 Å². The van der Waals surface area contributed by atoms with E-state index in [9.17, 15) is 26.0 Å². The Kier molecular flexibility index (Phi) is 6.18. The van der Waals surface area contributed by atoms with Gasteiger partial charge in [0.2, 0.25) is 10.0 Å². The van der Waals surface area contributed by atoms with Crippen LogP contribution in [0, 0.1) is 5.82 Å². The quantitative estimate of drug-likeness (QED) is 0.582. The molecule has 3 nitrogen and oxygen atoms in total. The summed E-state index contributed by atoms with van der Waals surface area (Å²) in [6, 6.07) is 11.7. The lowest BCUT2D eigenvalue weighted by atomic mass is 9.94. The fraction of sp³-hybridized carbons (Fsp3) is 0.294. The summed E-state index contributed by atoms with van der Waals surface area (Å²) in [6.45, 7) is -0.140. The Morgan fingerprint density at radius 3 is 2.12 bits per heavy atom. The Morgan fingerprint density at radius 2 is 1.56 bits per heavy atom. The molecule has 0 aliphatic carbocycles. The highest BCUT2D eigenvalue weighted by Gasteiger charge is 2.39. The summed E-state index contributed by atoms with van der Waals surface area (Å²) in [5.74, 6) is -2.22. The van der Waals surface area contributed by atoms with Crippen molar-refractivity contribution >= 4 is 10.0 Å². The first-order valence-corrected chi connectivity index (χ1v) is 9.05. The predicted molar refractivity (Wildman–Crippen MR) is 86.1 cm³/mol. The standard InChI is InChI=1S/C17H17F4NO2S/c18-14-8-10-15(11-9-14)25(23,24)22-12-4-7-16(17(19,20)21)13-5-2-1-3-6-13/h1-3,5-6,8-11,16,22H,4,7,12H2. The molecule has 0 heterocycles. The molecule has 136 valence electrons. The second-order valence-corrected chi connectivity index (χ2v) is 7.27. The fourth-order valence-corrected chi connectivity index (χ4v) is 3.49. The van der Waals surface area contributed by atoms with Crippen molar-refractivity contribution in [3.63, 3.8) is 0 Å². The molecule has 0 saturated heterocycles. The topological polar surface area (TPSA) is 46.2 Å². The molecule has 0 spiro atoms. The van der Waals surface area contributed by atoms with E-state index < -0.39 is 27.9 Å².